The van der Waals surface area contributed by atoms with Gasteiger partial charge in [0.2, 0.25) is 5.95 Å². The Balaban J connectivity index is 2.23. The van der Waals surface area contributed by atoms with Crippen LogP contribution in [-0.4, -0.2) is 26.2 Å². The van der Waals surface area contributed by atoms with Crippen LogP contribution in [-0.2, 0) is 6.54 Å². The Hall–Kier alpha value is -2.63. The molecule has 1 aromatic carbocycles. The molecule has 0 atom stereocenters. The number of aryl methyl sites for hydroxylation is 1. The van der Waals surface area contributed by atoms with Crippen molar-refractivity contribution in [2.75, 3.05) is 5.32 Å². The number of hydrogen-bond donors (Lipinski definition) is 3. The van der Waals surface area contributed by atoms with Crippen LogP contribution < -0.4 is 5.32 Å². The fraction of sp³-hybridized carbons (Fsp3) is 0.154. The summed E-state index contributed by atoms with van der Waals surface area (Å²) < 4.78 is 0. The maximum Gasteiger partial charge on any atom is 0.339 e. The van der Waals surface area contributed by atoms with E-state index >= 15 is 0 Å². The Kier molecular flexibility index (Phi) is 3.61. The van der Waals surface area contributed by atoms with Crippen molar-refractivity contribution >= 4 is 11.9 Å². The van der Waals surface area contributed by atoms with E-state index in [9.17, 15) is 9.90 Å². The number of carbonyl (C=O) groups is 1. The number of nitrogens with zero attached hydrogens (tertiary/aromatic N) is 2. The molecular formula is C13H13N3O3. The molecule has 0 fully saturated rings. The number of phenols is 1. The van der Waals surface area contributed by atoms with Gasteiger partial charge in [-0.05, 0) is 24.6 Å². The smallest absolute Gasteiger partial charge is 0.339 e. The molecule has 2 aromatic rings. The maximum absolute atomic E-state index is 11.0. The lowest BCUT2D eigenvalue weighted by Gasteiger charge is -2.10. The summed E-state index contributed by atoms with van der Waals surface area (Å²) in [6.07, 6.45) is 3.18. The molecule has 0 amide bonds. The Morgan fingerprint density at radius 1 is 1.32 bits per heavy atom. The first-order valence-electron chi connectivity index (χ1n) is 5.64. The van der Waals surface area contributed by atoms with Crippen molar-refractivity contribution in [3.8, 4) is 5.75 Å². The first kappa shape index (κ1) is 12.8. The van der Waals surface area contributed by atoms with Crippen LogP contribution in [0.3, 0.4) is 0 Å². The van der Waals surface area contributed by atoms with Crippen molar-refractivity contribution in [3.63, 3.8) is 0 Å². The zero-order valence-corrected chi connectivity index (χ0v) is 10.3. The van der Waals surface area contributed by atoms with Gasteiger partial charge < -0.3 is 15.5 Å². The summed E-state index contributed by atoms with van der Waals surface area (Å²) in [6, 6.07) is 4.84. The molecule has 0 spiro atoms. The van der Waals surface area contributed by atoms with Gasteiger partial charge in [0.25, 0.3) is 0 Å². The number of hydrogen-bond acceptors (Lipinski definition) is 5. The number of carboxylic acids is 1. The standard InChI is InChI=1S/C13H13N3O3/c1-8-5-9(11(17)10(6-8)12(18)19)7-16-13-14-3-2-4-15-13/h2-6,17H,7H2,1H3,(H,18,19)(H,14,15,16). The normalized spacial score (nSPS) is 10.2. The Morgan fingerprint density at radius 3 is 2.63 bits per heavy atom. The summed E-state index contributed by atoms with van der Waals surface area (Å²) in [7, 11) is 0. The second-order valence-electron chi connectivity index (χ2n) is 4.05. The molecule has 0 unspecified atom stereocenters. The average Bonchev–Trinajstić information content (AvgIpc) is 2.40. The van der Waals surface area contributed by atoms with E-state index in [0.717, 1.165) is 5.56 Å². The van der Waals surface area contributed by atoms with Crippen LogP contribution in [0.4, 0.5) is 5.95 Å². The number of aromatic hydroxyl groups is 1. The summed E-state index contributed by atoms with van der Waals surface area (Å²) >= 11 is 0. The molecule has 19 heavy (non-hydrogen) atoms. The maximum atomic E-state index is 11.0. The predicted molar refractivity (Wildman–Crippen MR) is 69.2 cm³/mol. The van der Waals surface area contributed by atoms with E-state index in [1.807, 2.05) is 0 Å². The zero-order chi connectivity index (χ0) is 13.8. The van der Waals surface area contributed by atoms with Gasteiger partial charge in [0.15, 0.2) is 0 Å². The molecule has 6 heteroatoms. The fourth-order valence-electron chi connectivity index (χ4n) is 1.72. The monoisotopic (exact) mass is 259 g/mol. The quantitative estimate of drug-likeness (QED) is 0.775. The number of rotatable bonds is 4. The van der Waals surface area contributed by atoms with Gasteiger partial charge in [-0.3, -0.25) is 0 Å². The van der Waals surface area contributed by atoms with Crippen LogP contribution >= 0.6 is 0 Å². The molecule has 1 aromatic heterocycles. The summed E-state index contributed by atoms with van der Waals surface area (Å²) in [6.45, 7) is 2.02. The summed E-state index contributed by atoms with van der Waals surface area (Å²) in [4.78, 5) is 19.0. The van der Waals surface area contributed by atoms with Crippen LogP contribution in [0, 0.1) is 6.92 Å². The van der Waals surface area contributed by atoms with Crippen molar-refractivity contribution in [1.82, 2.24) is 9.97 Å². The van der Waals surface area contributed by atoms with Gasteiger partial charge in [0.1, 0.15) is 11.3 Å². The minimum absolute atomic E-state index is 0.106. The molecule has 0 saturated heterocycles. The molecule has 1 heterocycles. The molecule has 0 aliphatic heterocycles. The molecule has 0 saturated carbocycles. The van der Waals surface area contributed by atoms with Gasteiger partial charge in [-0.25, -0.2) is 14.8 Å². The Morgan fingerprint density at radius 2 is 2.00 bits per heavy atom. The fourth-order valence-corrected chi connectivity index (χ4v) is 1.72. The molecule has 0 bridgehead atoms. The number of aromatic nitrogens is 2. The molecular weight excluding hydrogens is 246 g/mol. The van der Waals surface area contributed by atoms with Crippen molar-refractivity contribution < 1.29 is 15.0 Å². The van der Waals surface area contributed by atoms with Crippen molar-refractivity contribution in [2.45, 2.75) is 13.5 Å². The first-order valence-corrected chi connectivity index (χ1v) is 5.64. The lowest BCUT2D eigenvalue weighted by atomic mass is 10.0. The van der Waals surface area contributed by atoms with E-state index < -0.39 is 5.97 Å². The van der Waals surface area contributed by atoms with Crippen LogP contribution in [0.1, 0.15) is 21.5 Å². The average molecular weight is 259 g/mol. The van der Waals surface area contributed by atoms with E-state index in [1.165, 1.54) is 6.07 Å². The van der Waals surface area contributed by atoms with Gasteiger partial charge in [0, 0.05) is 24.5 Å². The molecule has 6 nitrogen and oxygen atoms in total. The summed E-state index contributed by atoms with van der Waals surface area (Å²) in [5, 5.41) is 21.8. The molecule has 3 N–H and O–H groups in total. The van der Waals surface area contributed by atoms with Gasteiger partial charge in [-0.1, -0.05) is 6.07 Å². The molecule has 0 radical (unpaired) electrons. The predicted octanol–water partition coefficient (Wildman–Crippen LogP) is 1.80. The Labute approximate surface area is 109 Å². The number of carboxylic acid groups (broad SMARTS) is 1. The van der Waals surface area contributed by atoms with E-state index in [0.29, 0.717) is 11.5 Å². The van der Waals surface area contributed by atoms with Crippen molar-refractivity contribution in [1.29, 1.82) is 0 Å². The zero-order valence-electron chi connectivity index (χ0n) is 10.3. The van der Waals surface area contributed by atoms with Gasteiger partial charge in [-0.2, -0.15) is 0 Å². The van der Waals surface area contributed by atoms with Crippen molar-refractivity contribution in [2.24, 2.45) is 0 Å². The largest absolute Gasteiger partial charge is 0.507 e. The van der Waals surface area contributed by atoms with Crippen LogP contribution in [0.25, 0.3) is 0 Å². The second-order valence-corrected chi connectivity index (χ2v) is 4.05. The molecule has 0 aliphatic rings. The number of nitrogens with one attached hydrogen (secondary N) is 1. The Bertz CT molecular complexity index is 600. The molecule has 2 rings (SSSR count). The second kappa shape index (κ2) is 5.34. The van der Waals surface area contributed by atoms with Gasteiger partial charge in [0.05, 0.1) is 0 Å². The third-order valence-electron chi connectivity index (χ3n) is 2.57. The van der Waals surface area contributed by atoms with Crippen LogP contribution in [0.2, 0.25) is 0 Å². The van der Waals surface area contributed by atoms with Crippen molar-refractivity contribution in [3.05, 3.63) is 47.3 Å². The molecule has 98 valence electrons. The van der Waals surface area contributed by atoms with E-state index in [2.05, 4.69) is 15.3 Å². The minimum atomic E-state index is -1.15. The number of benzene rings is 1. The number of anilines is 1. The van der Waals surface area contributed by atoms with Gasteiger partial charge in [-0.15, -0.1) is 0 Å². The summed E-state index contributed by atoms with van der Waals surface area (Å²) in [5.74, 6) is -0.972. The van der Waals surface area contributed by atoms with E-state index in [4.69, 9.17) is 5.11 Å². The molecule has 0 aliphatic carbocycles. The lowest BCUT2D eigenvalue weighted by molar-refractivity contribution is 0.0693. The highest BCUT2D eigenvalue weighted by molar-refractivity contribution is 5.91. The van der Waals surface area contributed by atoms with Gasteiger partial charge >= 0.3 is 5.97 Å². The minimum Gasteiger partial charge on any atom is -0.507 e. The summed E-state index contributed by atoms with van der Waals surface area (Å²) in [5.41, 5.74) is 1.15. The highest BCUT2D eigenvalue weighted by Crippen LogP contribution is 2.25. The third kappa shape index (κ3) is 2.98. The highest BCUT2D eigenvalue weighted by Gasteiger charge is 2.14. The van der Waals surface area contributed by atoms with Crippen LogP contribution in [0.15, 0.2) is 30.6 Å². The third-order valence-corrected chi connectivity index (χ3v) is 2.57. The number of aromatic carboxylic acids is 1. The first-order chi connectivity index (χ1) is 9.08. The topological polar surface area (TPSA) is 95.3 Å². The highest BCUT2D eigenvalue weighted by atomic mass is 16.4. The van der Waals surface area contributed by atoms with E-state index in [-0.39, 0.29) is 17.9 Å². The van der Waals surface area contributed by atoms with E-state index in [1.54, 1.807) is 31.5 Å². The van der Waals surface area contributed by atoms with Crippen LogP contribution in [0.5, 0.6) is 5.75 Å². The lowest BCUT2D eigenvalue weighted by Crippen LogP contribution is -2.06. The SMILES string of the molecule is Cc1cc(CNc2ncccn2)c(O)c(C(=O)O)c1.